The second kappa shape index (κ2) is 31.1. The van der Waals surface area contributed by atoms with Gasteiger partial charge in [0.2, 0.25) is 0 Å². The van der Waals surface area contributed by atoms with Gasteiger partial charge in [0.05, 0.1) is 38.8 Å². The van der Waals surface area contributed by atoms with Crippen molar-refractivity contribution >= 4 is 162 Å². The number of para-hydroxylation sites is 3. The first-order chi connectivity index (χ1) is 64.1. The molecular formula is C126H81N3. The minimum atomic E-state index is 1.16. The van der Waals surface area contributed by atoms with Crippen LogP contribution in [-0.4, -0.2) is 13.7 Å². The summed E-state index contributed by atoms with van der Waals surface area (Å²) in [4.78, 5) is 0. The summed E-state index contributed by atoms with van der Waals surface area (Å²) < 4.78 is 7.51. The number of hydrogen-bond acceptors (Lipinski definition) is 0. The normalized spacial score (nSPS) is 11.7. The monoisotopic (exact) mass is 1640 g/mol. The predicted molar refractivity (Wildman–Crippen MR) is 553 cm³/mol. The fourth-order valence-corrected chi connectivity index (χ4v) is 21.1. The van der Waals surface area contributed by atoms with E-state index in [4.69, 9.17) is 0 Å². The molecule has 129 heavy (non-hydrogen) atoms. The highest BCUT2D eigenvalue weighted by molar-refractivity contribution is 6.40. The standard InChI is InChI=1S/3C42H27N/c1-3-13-28(14-4-1)31-24-26-39(37(27-31)29-15-5-2-6-16-29)43-38-22-12-11-21-36(38)41-40-32-18-8-7-17-30(32)23-25-34(40)33-19-9-10-20-35(33)42(41)43;1-3-13-28(14-4-1)31-25-32(29-15-5-2-6-16-29)27-33(26-31)43-39-22-12-11-21-38(39)41-40-34-18-8-7-17-30(34)23-24-36(40)35-19-9-10-20-37(35)42(41)43;1-2-11-28(12-3-1)29-21-23-30(24-22-29)32-14-10-15-33(27-32)43-39-20-9-8-19-38(39)41-40-34-16-5-4-13-31(34)25-26-36(40)35-17-6-7-18-37(35)42(41)43/h3*1-27H. The first-order valence-electron chi connectivity index (χ1n) is 44.6. The van der Waals surface area contributed by atoms with Crippen LogP contribution in [0.25, 0.3) is 246 Å². The van der Waals surface area contributed by atoms with E-state index in [-0.39, 0.29) is 0 Å². The molecule has 0 amide bonds. The molecule has 27 rings (SSSR count). The Morgan fingerprint density at radius 2 is 0.395 bits per heavy atom. The molecular weight excluding hydrogens is 1560 g/mol. The van der Waals surface area contributed by atoms with Gasteiger partial charge in [0.1, 0.15) is 0 Å². The van der Waals surface area contributed by atoms with Crippen LogP contribution < -0.4 is 0 Å². The van der Waals surface area contributed by atoms with Crippen LogP contribution in [0, 0.1) is 0 Å². The van der Waals surface area contributed by atoms with Crippen LogP contribution in [0.5, 0.6) is 0 Å². The van der Waals surface area contributed by atoms with Crippen molar-refractivity contribution in [1.29, 1.82) is 0 Å². The predicted octanol–water partition coefficient (Wildman–Crippen LogP) is 34.7. The van der Waals surface area contributed by atoms with E-state index >= 15 is 0 Å². The molecule has 0 saturated heterocycles. The number of nitrogens with zero attached hydrogens (tertiary/aromatic N) is 3. The molecule has 3 nitrogen and oxygen atoms in total. The third kappa shape index (κ3) is 12.4. The van der Waals surface area contributed by atoms with E-state index in [1.807, 2.05) is 0 Å². The molecule has 0 saturated carbocycles. The first-order valence-corrected chi connectivity index (χ1v) is 44.6. The molecule has 27 aromatic rings. The van der Waals surface area contributed by atoms with Crippen molar-refractivity contribution in [2.24, 2.45) is 0 Å². The van der Waals surface area contributed by atoms with Gasteiger partial charge < -0.3 is 13.7 Å². The van der Waals surface area contributed by atoms with Crippen LogP contribution >= 0.6 is 0 Å². The third-order valence-corrected chi connectivity index (χ3v) is 26.8. The summed E-state index contributed by atoms with van der Waals surface area (Å²) in [6.45, 7) is 0. The van der Waals surface area contributed by atoms with E-state index in [1.165, 1.54) is 241 Å². The van der Waals surface area contributed by atoms with Crippen LogP contribution in [-0.2, 0) is 0 Å². The number of aromatic nitrogens is 3. The molecule has 0 N–H and O–H groups in total. The average Bonchev–Trinajstić information content (AvgIpc) is 1.57. The molecule has 0 bridgehead atoms. The van der Waals surface area contributed by atoms with Crippen LogP contribution in [0.15, 0.2) is 491 Å². The van der Waals surface area contributed by atoms with Gasteiger partial charge in [0.25, 0.3) is 0 Å². The molecule has 0 fully saturated rings. The highest BCUT2D eigenvalue weighted by atomic mass is 15.0. The van der Waals surface area contributed by atoms with E-state index in [1.54, 1.807) is 0 Å². The van der Waals surface area contributed by atoms with Gasteiger partial charge in [0, 0.05) is 81.6 Å². The highest BCUT2D eigenvalue weighted by Crippen LogP contribution is 2.51. The van der Waals surface area contributed by atoms with Gasteiger partial charge in [-0.2, -0.15) is 0 Å². The minimum Gasteiger partial charge on any atom is -0.309 e. The number of hydrogen-bond donors (Lipinski definition) is 0. The maximum absolute atomic E-state index is 2.52. The van der Waals surface area contributed by atoms with Crippen molar-refractivity contribution in [2.45, 2.75) is 0 Å². The summed E-state index contributed by atoms with van der Waals surface area (Å²) in [7, 11) is 0. The van der Waals surface area contributed by atoms with Crippen LogP contribution in [0.3, 0.4) is 0 Å². The highest BCUT2D eigenvalue weighted by Gasteiger charge is 2.27. The summed E-state index contributed by atoms with van der Waals surface area (Å²) in [6, 6.07) is 179. The van der Waals surface area contributed by atoms with Gasteiger partial charge in [-0.05, 0) is 186 Å². The molecule has 3 heteroatoms. The average molecular weight is 1640 g/mol. The minimum absolute atomic E-state index is 1.16. The second-order valence-corrected chi connectivity index (χ2v) is 34.0. The maximum Gasteiger partial charge on any atom is 0.0626 e. The lowest BCUT2D eigenvalue weighted by Crippen LogP contribution is -1.99. The van der Waals surface area contributed by atoms with Crippen LogP contribution in [0.4, 0.5) is 0 Å². The molecule has 3 aromatic heterocycles. The Labute approximate surface area is 746 Å². The summed E-state index contributed by atoms with van der Waals surface area (Å²) in [5, 5.41) is 31.0. The lowest BCUT2D eigenvalue weighted by Gasteiger charge is -2.18. The molecule has 0 radical (unpaired) electrons. The molecule has 24 aromatic carbocycles. The molecule has 0 aliphatic carbocycles. The molecule has 600 valence electrons. The third-order valence-electron chi connectivity index (χ3n) is 26.8. The Morgan fingerprint density at radius 3 is 0.806 bits per heavy atom. The topological polar surface area (TPSA) is 14.8 Å². The Bertz CT molecular complexity index is 9080. The molecule has 0 unspecified atom stereocenters. The van der Waals surface area contributed by atoms with Crippen molar-refractivity contribution < 1.29 is 0 Å². The summed E-state index contributed by atoms with van der Waals surface area (Å²) in [5.41, 5.74) is 25.5. The number of fused-ring (bicyclic) bond motifs is 30. The van der Waals surface area contributed by atoms with E-state index < -0.39 is 0 Å². The summed E-state index contributed by atoms with van der Waals surface area (Å²) in [5.74, 6) is 0. The zero-order valence-electron chi connectivity index (χ0n) is 70.6. The Balaban J connectivity index is 0.000000105. The lowest BCUT2D eigenvalue weighted by molar-refractivity contribution is 1.19. The Morgan fingerprint density at radius 1 is 0.124 bits per heavy atom. The van der Waals surface area contributed by atoms with Crippen molar-refractivity contribution in [3.05, 3.63) is 491 Å². The van der Waals surface area contributed by atoms with Gasteiger partial charge in [-0.1, -0.05) is 431 Å². The van der Waals surface area contributed by atoms with Crippen molar-refractivity contribution in [3.63, 3.8) is 0 Å². The first kappa shape index (κ1) is 74.6. The zero-order valence-corrected chi connectivity index (χ0v) is 70.6. The lowest BCUT2D eigenvalue weighted by atomic mass is 9.92. The summed E-state index contributed by atoms with van der Waals surface area (Å²) >= 11 is 0. The maximum atomic E-state index is 2.52. The molecule has 0 atom stereocenters. The number of rotatable bonds is 9. The zero-order chi connectivity index (χ0) is 85.0. The van der Waals surface area contributed by atoms with E-state index in [2.05, 4.69) is 505 Å². The second-order valence-electron chi connectivity index (χ2n) is 34.0. The summed E-state index contributed by atoms with van der Waals surface area (Å²) in [6.07, 6.45) is 0. The fourth-order valence-electron chi connectivity index (χ4n) is 21.1. The van der Waals surface area contributed by atoms with E-state index in [0.29, 0.717) is 0 Å². The smallest absolute Gasteiger partial charge is 0.0626 e. The van der Waals surface area contributed by atoms with E-state index in [9.17, 15) is 0 Å². The fraction of sp³-hybridized carbons (Fsp3) is 0. The van der Waals surface area contributed by atoms with Crippen LogP contribution in [0.1, 0.15) is 0 Å². The Hall–Kier alpha value is -17.0. The van der Waals surface area contributed by atoms with Gasteiger partial charge in [0.15, 0.2) is 0 Å². The van der Waals surface area contributed by atoms with Crippen molar-refractivity contribution in [3.8, 4) is 83.8 Å². The van der Waals surface area contributed by atoms with Crippen LogP contribution in [0.2, 0.25) is 0 Å². The molecule has 0 aliphatic rings. The van der Waals surface area contributed by atoms with Gasteiger partial charge in [-0.25, -0.2) is 0 Å². The SMILES string of the molecule is c1ccc(-c2cc(-c3ccccc3)cc(-n3c4ccccc4c4c5c6ccccc6ccc5c5ccccc5c43)c2)cc1.c1ccc(-c2ccc(-c3cccc(-n4c5ccccc5c5c6c7ccccc7ccc6c6ccccc6c54)c3)cc2)cc1.c1ccc(-c2ccc(-n3c4ccccc4c4c5c6ccccc6ccc5c5ccccc5c43)c(-c3ccccc3)c2)cc1. The molecule has 0 aliphatic heterocycles. The number of benzene rings is 24. The van der Waals surface area contributed by atoms with Gasteiger partial charge in [-0.3, -0.25) is 0 Å². The van der Waals surface area contributed by atoms with Gasteiger partial charge >= 0.3 is 0 Å². The van der Waals surface area contributed by atoms with Crippen molar-refractivity contribution in [1.82, 2.24) is 13.7 Å². The Kier molecular flexibility index (Phi) is 18.0. The largest absolute Gasteiger partial charge is 0.309 e. The molecule has 3 heterocycles. The van der Waals surface area contributed by atoms with E-state index in [0.717, 1.165) is 5.69 Å². The van der Waals surface area contributed by atoms with Gasteiger partial charge in [-0.15, -0.1) is 0 Å². The molecule has 0 spiro atoms. The van der Waals surface area contributed by atoms with Crippen molar-refractivity contribution in [2.75, 3.05) is 0 Å². The quantitative estimate of drug-likeness (QED) is 0.128.